The Labute approximate surface area is 172 Å². The third-order valence-corrected chi connectivity index (χ3v) is 6.57. The summed E-state index contributed by atoms with van der Waals surface area (Å²) in [7, 11) is 1.65. The zero-order chi connectivity index (χ0) is 20.6. The van der Waals surface area contributed by atoms with E-state index in [1.165, 1.54) is 16.2 Å². The number of fused-ring (bicyclic) bond motifs is 1. The average Bonchev–Trinajstić information content (AvgIpc) is 2.90. The number of rotatable bonds is 5. The van der Waals surface area contributed by atoms with E-state index >= 15 is 0 Å². The van der Waals surface area contributed by atoms with Crippen LogP contribution < -0.4 is 9.64 Å². The monoisotopic (exact) mass is 402 g/mol. The number of hydrogen-bond donors (Lipinski definition) is 0. The van der Waals surface area contributed by atoms with Crippen LogP contribution in [0, 0.1) is 0 Å². The van der Waals surface area contributed by atoms with Gasteiger partial charge in [0, 0.05) is 35.9 Å². The van der Waals surface area contributed by atoms with Crippen LogP contribution in [-0.2, 0) is 4.79 Å². The number of thioether (sulfide) groups is 1. The van der Waals surface area contributed by atoms with Crippen molar-refractivity contribution in [1.82, 2.24) is 4.90 Å². The lowest BCUT2D eigenvalue weighted by Gasteiger charge is -2.47. The van der Waals surface area contributed by atoms with Gasteiger partial charge in [0.25, 0.3) is 11.1 Å². The number of carbonyl (C=O) groups is 2. The molecule has 6 heteroatoms. The number of benzene rings is 1. The Kier molecular flexibility index (Phi) is 5.80. The third kappa shape index (κ3) is 3.54. The molecule has 2 amide bonds. The molecule has 0 radical (unpaired) electrons. The Morgan fingerprint density at radius 2 is 2.00 bits per heavy atom. The van der Waals surface area contributed by atoms with Crippen molar-refractivity contribution in [3.05, 3.63) is 28.2 Å². The first-order valence-electron chi connectivity index (χ1n) is 9.98. The number of methoxy groups -OCH3 is 1. The van der Waals surface area contributed by atoms with Crippen molar-refractivity contribution >= 4 is 34.7 Å². The Morgan fingerprint density at radius 3 is 2.57 bits per heavy atom. The molecule has 1 atom stereocenters. The molecule has 0 aromatic heterocycles. The van der Waals surface area contributed by atoms with E-state index in [2.05, 4.69) is 44.7 Å². The molecule has 1 saturated heterocycles. The van der Waals surface area contributed by atoms with Crippen LogP contribution >= 0.6 is 11.8 Å². The molecule has 2 aliphatic heterocycles. The number of imide groups is 1. The minimum absolute atomic E-state index is 0.0821. The van der Waals surface area contributed by atoms with E-state index in [-0.39, 0.29) is 16.7 Å². The van der Waals surface area contributed by atoms with Gasteiger partial charge in [-0.15, -0.1) is 0 Å². The molecule has 0 saturated carbocycles. The fourth-order valence-corrected chi connectivity index (χ4v) is 5.27. The number of anilines is 1. The lowest BCUT2D eigenvalue weighted by atomic mass is 9.79. The summed E-state index contributed by atoms with van der Waals surface area (Å²) in [6, 6.07) is 4.23. The second-order valence-corrected chi connectivity index (χ2v) is 9.14. The maximum Gasteiger partial charge on any atom is 0.293 e. The first kappa shape index (κ1) is 20.8. The number of likely N-dealkylation sites (N-methyl/N-ethyl adjacent to an activating group) is 1. The van der Waals surface area contributed by atoms with Crippen molar-refractivity contribution in [3.63, 3.8) is 0 Å². The maximum absolute atomic E-state index is 12.5. The van der Waals surface area contributed by atoms with Crippen molar-refractivity contribution in [2.45, 2.75) is 58.9 Å². The molecule has 0 N–H and O–H groups in total. The van der Waals surface area contributed by atoms with Gasteiger partial charge in [0.1, 0.15) is 5.75 Å². The van der Waals surface area contributed by atoms with Gasteiger partial charge in [-0.2, -0.15) is 0 Å². The fourth-order valence-electron chi connectivity index (χ4n) is 4.38. The molecule has 1 fully saturated rings. The summed E-state index contributed by atoms with van der Waals surface area (Å²) in [5.41, 5.74) is 3.42. The number of ether oxygens (including phenoxy) is 1. The Bertz CT molecular complexity index is 831. The highest BCUT2D eigenvalue weighted by Crippen LogP contribution is 2.46. The standard InChI is InChI=1S/C22H30N2O3S/c1-7-9-24-17-12-18(27-6)15(10-16(17)14(3)13-22(24,4)5)11-19-20(25)23(8-2)21(26)28-19/h10-12,14H,7-9,13H2,1-6H3/b19-11+. The molecular formula is C22H30N2O3S. The van der Waals surface area contributed by atoms with Gasteiger partial charge < -0.3 is 9.64 Å². The first-order valence-corrected chi connectivity index (χ1v) is 10.8. The molecule has 1 aromatic rings. The highest BCUT2D eigenvalue weighted by Gasteiger charge is 2.37. The van der Waals surface area contributed by atoms with Gasteiger partial charge in [-0.25, -0.2) is 0 Å². The molecule has 2 heterocycles. The van der Waals surface area contributed by atoms with E-state index in [0.29, 0.717) is 17.4 Å². The Hall–Kier alpha value is -1.95. The summed E-state index contributed by atoms with van der Waals surface area (Å²) in [5, 5.41) is -0.208. The van der Waals surface area contributed by atoms with Crippen molar-refractivity contribution in [2.24, 2.45) is 0 Å². The van der Waals surface area contributed by atoms with Gasteiger partial charge in [-0.1, -0.05) is 13.8 Å². The zero-order valence-corrected chi connectivity index (χ0v) is 18.5. The van der Waals surface area contributed by atoms with E-state index in [1.54, 1.807) is 13.2 Å². The van der Waals surface area contributed by atoms with E-state index in [0.717, 1.165) is 42.5 Å². The molecule has 1 unspecified atom stereocenters. The molecule has 1 aromatic carbocycles. The predicted molar refractivity (Wildman–Crippen MR) is 116 cm³/mol. The van der Waals surface area contributed by atoms with E-state index in [9.17, 15) is 9.59 Å². The Morgan fingerprint density at radius 1 is 1.29 bits per heavy atom. The van der Waals surface area contributed by atoms with Gasteiger partial charge >= 0.3 is 0 Å². The summed E-state index contributed by atoms with van der Waals surface area (Å²) in [5.74, 6) is 0.911. The third-order valence-electron chi connectivity index (χ3n) is 5.66. The van der Waals surface area contributed by atoms with Gasteiger partial charge in [-0.05, 0) is 69.0 Å². The molecule has 0 spiro atoms. The minimum Gasteiger partial charge on any atom is -0.496 e. The summed E-state index contributed by atoms with van der Waals surface area (Å²) in [6.07, 6.45) is 3.94. The average molecular weight is 403 g/mol. The highest BCUT2D eigenvalue weighted by molar-refractivity contribution is 8.18. The van der Waals surface area contributed by atoms with Crippen LogP contribution in [0.5, 0.6) is 5.75 Å². The van der Waals surface area contributed by atoms with Gasteiger partial charge in [0.15, 0.2) is 0 Å². The molecular weight excluding hydrogens is 372 g/mol. The molecule has 28 heavy (non-hydrogen) atoms. The van der Waals surface area contributed by atoms with Crippen molar-refractivity contribution in [3.8, 4) is 5.75 Å². The molecule has 0 aliphatic carbocycles. The van der Waals surface area contributed by atoms with Gasteiger partial charge in [0.05, 0.1) is 12.0 Å². The maximum atomic E-state index is 12.5. The quantitative estimate of drug-likeness (QED) is 0.629. The van der Waals surface area contributed by atoms with Gasteiger partial charge in [-0.3, -0.25) is 14.5 Å². The predicted octanol–water partition coefficient (Wildman–Crippen LogP) is 5.25. The summed E-state index contributed by atoms with van der Waals surface area (Å²) >= 11 is 1.000. The number of hydrogen-bond acceptors (Lipinski definition) is 5. The normalized spacial score (nSPS) is 22.8. The smallest absolute Gasteiger partial charge is 0.293 e. The first-order chi connectivity index (χ1) is 13.2. The van der Waals surface area contributed by atoms with Crippen LogP contribution in [0.25, 0.3) is 6.08 Å². The van der Waals surface area contributed by atoms with Crippen LogP contribution in [-0.4, -0.2) is 41.8 Å². The summed E-state index contributed by atoms with van der Waals surface area (Å²) in [6.45, 7) is 12.2. The van der Waals surface area contributed by atoms with Crippen molar-refractivity contribution in [2.75, 3.05) is 25.1 Å². The molecule has 0 bridgehead atoms. The largest absolute Gasteiger partial charge is 0.496 e. The van der Waals surface area contributed by atoms with Crippen LogP contribution in [0.15, 0.2) is 17.0 Å². The topological polar surface area (TPSA) is 49.9 Å². The van der Waals surface area contributed by atoms with Crippen molar-refractivity contribution < 1.29 is 14.3 Å². The molecule has 5 nitrogen and oxygen atoms in total. The van der Waals surface area contributed by atoms with E-state index in [1.807, 2.05) is 6.92 Å². The van der Waals surface area contributed by atoms with E-state index in [4.69, 9.17) is 4.74 Å². The molecule has 2 aliphatic rings. The fraction of sp³-hybridized carbons (Fsp3) is 0.545. The van der Waals surface area contributed by atoms with E-state index < -0.39 is 0 Å². The van der Waals surface area contributed by atoms with Crippen LogP contribution in [0.2, 0.25) is 0 Å². The molecule has 3 rings (SSSR count). The van der Waals surface area contributed by atoms with Crippen LogP contribution in [0.3, 0.4) is 0 Å². The van der Waals surface area contributed by atoms with Crippen LogP contribution in [0.1, 0.15) is 64.5 Å². The number of amides is 2. The van der Waals surface area contributed by atoms with Crippen molar-refractivity contribution in [1.29, 1.82) is 0 Å². The second kappa shape index (κ2) is 7.82. The zero-order valence-electron chi connectivity index (χ0n) is 17.7. The number of nitrogens with zero attached hydrogens (tertiary/aromatic N) is 2. The van der Waals surface area contributed by atoms with Crippen LogP contribution in [0.4, 0.5) is 10.5 Å². The number of carbonyl (C=O) groups excluding carboxylic acids is 2. The minimum atomic E-state index is -0.223. The second-order valence-electron chi connectivity index (χ2n) is 8.15. The SMILES string of the molecule is CCCN1c2cc(OC)c(/C=C3/SC(=O)N(CC)C3=O)cc2C(C)CC1(C)C. The summed E-state index contributed by atoms with van der Waals surface area (Å²) < 4.78 is 5.68. The van der Waals surface area contributed by atoms with Gasteiger partial charge in [0.2, 0.25) is 0 Å². The molecule has 152 valence electrons. The highest BCUT2D eigenvalue weighted by atomic mass is 32.2. The summed E-state index contributed by atoms with van der Waals surface area (Å²) in [4.78, 5) is 28.7. The lowest BCUT2D eigenvalue weighted by Crippen LogP contribution is -2.48. The Balaban J connectivity index is 2.09. The lowest BCUT2D eigenvalue weighted by molar-refractivity contribution is -0.122.